The highest BCUT2D eigenvalue weighted by Crippen LogP contribution is 2.44. The van der Waals surface area contributed by atoms with E-state index in [1.807, 2.05) is 66.7 Å². The van der Waals surface area contributed by atoms with Crippen LogP contribution < -0.4 is 5.32 Å². The smallest absolute Gasteiger partial charge is 0.407 e. The number of rotatable bonds is 8. The zero-order chi connectivity index (χ0) is 23.2. The lowest BCUT2D eigenvalue weighted by Crippen LogP contribution is -2.43. The maximum Gasteiger partial charge on any atom is 0.407 e. The van der Waals surface area contributed by atoms with Gasteiger partial charge in [0.25, 0.3) is 0 Å². The Morgan fingerprint density at radius 3 is 2.00 bits per heavy atom. The van der Waals surface area contributed by atoms with Crippen molar-refractivity contribution in [2.45, 2.75) is 25.0 Å². The molecular weight excluding hydrogens is 422 g/mol. The van der Waals surface area contributed by atoms with Crippen molar-refractivity contribution >= 4 is 18.0 Å². The molecule has 7 heteroatoms. The molecule has 0 bridgehead atoms. The van der Waals surface area contributed by atoms with Crippen molar-refractivity contribution in [2.24, 2.45) is 0 Å². The first-order chi connectivity index (χ1) is 16.0. The number of ether oxygens (including phenoxy) is 2. The molecule has 1 aliphatic carbocycles. The predicted molar refractivity (Wildman–Crippen MR) is 120 cm³/mol. The van der Waals surface area contributed by atoms with E-state index in [0.717, 1.165) is 27.8 Å². The number of amides is 1. The zero-order valence-corrected chi connectivity index (χ0v) is 17.8. The van der Waals surface area contributed by atoms with Gasteiger partial charge in [-0.1, -0.05) is 78.9 Å². The van der Waals surface area contributed by atoms with E-state index in [0.29, 0.717) is 0 Å². The van der Waals surface area contributed by atoms with Gasteiger partial charge in [0.15, 0.2) is 0 Å². The second-order valence-electron chi connectivity index (χ2n) is 7.71. The van der Waals surface area contributed by atoms with Crippen molar-refractivity contribution in [3.05, 3.63) is 95.6 Å². The molecule has 1 atom stereocenters. The molecule has 3 aromatic carbocycles. The third kappa shape index (κ3) is 5.20. The van der Waals surface area contributed by atoms with Crippen molar-refractivity contribution in [2.75, 3.05) is 6.61 Å². The molecule has 2 N–H and O–H groups in total. The van der Waals surface area contributed by atoms with E-state index in [4.69, 9.17) is 9.47 Å². The number of hydrogen-bond acceptors (Lipinski definition) is 5. The van der Waals surface area contributed by atoms with Gasteiger partial charge >= 0.3 is 18.0 Å². The van der Waals surface area contributed by atoms with Crippen LogP contribution in [0.4, 0.5) is 4.79 Å². The minimum atomic E-state index is -1.45. The summed E-state index contributed by atoms with van der Waals surface area (Å²) in [5, 5.41) is 11.7. The highest BCUT2D eigenvalue weighted by molar-refractivity contribution is 5.85. The molecule has 0 heterocycles. The van der Waals surface area contributed by atoms with Gasteiger partial charge < -0.3 is 19.9 Å². The SMILES string of the molecule is O=C(CC(NC(=O)OCC1c2ccccc2-c2ccccc21)C(=O)O)OCc1ccccc1. The molecule has 0 saturated carbocycles. The fourth-order valence-electron chi connectivity index (χ4n) is 3.95. The van der Waals surface area contributed by atoms with Crippen LogP contribution in [-0.2, 0) is 25.7 Å². The molecule has 1 aliphatic rings. The summed E-state index contributed by atoms with van der Waals surface area (Å²) >= 11 is 0. The first-order valence-electron chi connectivity index (χ1n) is 10.6. The van der Waals surface area contributed by atoms with E-state index in [2.05, 4.69) is 5.32 Å². The van der Waals surface area contributed by atoms with Gasteiger partial charge in [0.05, 0.1) is 6.42 Å². The summed E-state index contributed by atoms with van der Waals surface area (Å²) in [4.78, 5) is 36.0. The Bertz CT molecular complexity index is 1110. The molecule has 1 unspecified atom stereocenters. The summed E-state index contributed by atoms with van der Waals surface area (Å²) in [6.45, 7) is 0.0710. The number of carboxylic acid groups (broad SMARTS) is 1. The lowest BCUT2D eigenvalue weighted by Gasteiger charge is -2.17. The topological polar surface area (TPSA) is 102 Å². The second-order valence-corrected chi connectivity index (χ2v) is 7.71. The normalized spacial score (nSPS) is 12.8. The molecule has 0 radical (unpaired) electrons. The standard InChI is InChI=1S/C26H23NO6/c28-24(32-15-17-8-2-1-3-9-17)14-23(25(29)30)27-26(31)33-16-22-20-12-6-4-10-18(20)19-11-5-7-13-21(19)22/h1-13,22-23H,14-16H2,(H,27,31)(H,29,30). The molecule has 0 aromatic heterocycles. The van der Waals surface area contributed by atoms with Gasteiger partial charge in [-0.05, 0) is 27.8 Å². The Kier molecular flexibility index (Phi) is 6.69. The number of carboxylic acids is 1. The van der Waals surface area contributed by atoms with Gasteiger partial charge in [-0.2, -0.15) is 0 Å². The van der Waals surface area contributed by atoms with Crippen LogP contribution in [0.15, 0.2) is 78.9 Å². The maximum atomic E-state index is 12.4. The van der Waals surface area contributed by atoms with Gasteiger partial charge in [0.1, 0.15) is 19.3 Å². The number of aliphatic carboxylic acids is 1. The zero-order valence-electron chi connectivity index (χ0n) is 17.8. The minimum absolute atomic E-state index is 0.0248. The molecule has 1 amide bonds. The third-order valence-electron chi connectivity index (χ3n) is 5.55. The summed E-state index contributed by atoms with van der Waals surface area (Å²) in [6, 6.07) is 23.4. The summed E-state index contributed by atoms with van der Waals surface area (Å²) < 4.78 is 10.5. The number of carbonyl (C=O) groups is 3. The van der Waals surface area contributed by atoms with Gasteiger partial charge in [0, 0.05) is 5.92 Å². The molecular formula is C26H23NO6. The van der Waals surface area contributed by atoms with Crippen molar-refractivity contribution < 1.29 is 29.0 Å². The van der Waals surface area contributed by atoms with Gasteiger partial charge in [-0.25, -0.2) is 9.59 Å². The highest BCUT2D eigenvalue weighted by atomic mass is 16.6. The van der Waals surface area contributed by atoms with Crippen LogP contribution in [0.5, 0.6) is 0 Å². The van der Waals surface area contributed by atoms with Crippen LogP contribution in [0.1, 0.15) is 29.0 Å². The number of esters is 1. The molecule has 0 aliphatic heterocycles. The maximum absolute atomic E-state index is 12.4. The molecule has 4 rings (SSSR count). The van der Waals surface area contributed by atoms with Crippen LogP contribution in [-0.4, -0.2) is 35.8 Å². The number of alkyl carbamates (subject to hydrolysis) is 1. The Labute approximate surface area is 191 Å². The molecule has 33 heavy (non-hydrogen) atoms. The first kappa shape index (κ1) is 22.1. The lowest BCUT2D eigenvalue weighted by atomic mass is 9.98. The van der Waals surface area contributed by atoms with Gasteiger partial charge in [-0.3, -0.25) is 4.79 Å². The Morgan fingerprint density at radius 2 is 1.39 bits per heavy atom. The summed E-state index contributed by atoms with van der Waals surface area (Å²) in [5.41, 5.74) is 5.05. The lowest BCUT2D eigenvalue weighted by molar-refractivity contribution is -0.150. The van der Waals surface area contributed by atoms with Crippen molar-refractivity contribution in [3.8, 4) is 11.1 Å². The number of hydrogen-bond donors (Lipinski definition) is 2. The van der Waals surface area contributed by atoms with E-state index in [1.54, 1.807) is 12.1 Å². The number of fused-ring (bicyclic) bond motifs is 3. The Morgan fingerprint density at radius 1 is 0.818 bits per heavy atom. The van der Waals surface area contributed by atoms with E-state index < -0.39 is 30.5 Å². The van der Waals surface area contributed by atoms with E-state index >= 15 is 0 Å². The molecule has 0 spiro atoms. The monoisotopic (exact) mass is 445 g/mol. The van der Waals surface area contributed by atoms with E-state index in [1.165, 1.54) is 0 Å². The summed E-state index contributed by atoms with van der Waals surface area (Å²) in [7, 11) is 0. The Balaban J connectivity index is 1.33. The van der Waals surface area contributed by atoms with Crippen LogP contribution in [0.3, 0.4) is 0 Å². The molecule has 168 valence electrons. The molecule has 0 fully saturated rings. The van der Waals surface area contributed by atoms with Crippen molar-refractivity contribution in [3.63, 3.8) is 0 Å². The van der Waals surface area contributed by atoms with E-state index in [9.17, 15) is 19.5 Å². The van der Waals surface area contributed by atoms with Gasteiger partial charge in [-0.15, -0.1) is 0 Å². The molecule has 7 nitrogen and oxygen atoms in total. The summed E-state index contributed by atoms with van der Waals surface area (Å²) in [5.74, 6) is -2.23. The average Bonchev–Trinajstić information content (AvgIpc) is 3.15. The molecule has 3 aromatic rings. The minimum Gasteiger partial charge on any atom is -0.480 e. The van der Waals surface area contributed by atoms with Crippen LogP contribution in [0.2, 0.25) is 0 Å². The van der Waals surface area contributed by atoms with E-state index in [-0.39, 0.29) is 19.1 Å². The average molecular weight is 445 g/mol. The number of carbonyl (C=O) groups excluding carboxylic acids is 2. The summed E-state index contributed by atoms with van der Waals surface area (Å²) in [6.07, 6.45) is -1.41. The molecule has 0 saturated heterocycles. The fourth-order valence-corrected chi connectivity index (χ4v) is 3.95. The van der Waals surface area contributed by atoms with Crippen LogP contribution in [0, 0.1) is 0 Å². The van der Waals surface area contributed by atoms with Crippen LogP contribution >= 0.6 is 0 Å². The Hall–Kier alpha value is -4.13. The fraction of sp³-hybridized carbons (Fsp3) is 0.192. The largest absolute Gasteiger partial charge is 0.480 e. The highest BCUT2D eigenvalue weighted by Gasteiger charge is 2.30. The second kappa shape index (κ2) is 9.99. The third-order valence-corrected chi connectivity index (χ3v) is 5.55. The quantitative estimate of drug-likeness (QED) is 0.506. The van der Waals surface area contributed by atoms with Crippen molar-refractivity contribution in [1.29, 1.82) is 0 Å². The van der Waals surface area contributed by atoms with Crippen LogP contribution in [0.25, 0.3) is 11.1 Å². The first-order valence-corrected chi connectivity index (χ1v) is 10.6. The van der Waals surface area contributed by atoms with Gasteiger partial charge in [0.2, 0.25) is 0 Å². The van der Waals surface area contributed by atoms with Crippen molar-refractivity contribution in [1.82, 2.24) is 5.32 Å². The predicted octanol–water partition coefficient (Wildman–Crippen LogP) is 4.11. The number of benzene rings is 3. The number of nitrogens with one attached hydrogen (secondary N) is 1.